The average Bonchev–Trinajstić information content (AvgIpc) is 2.58. The normalized spacial score (nSPS) is 12.8. The molecule has 0 radical (unpaired) electrons. The predicted molar refractivity (Wildman–Crippen MR) is 103 cm³/mol. The topological polar surface area (TPSA) is 115 Å². The van der Waals surface area contributed by atoms with Crippen LogP contribution >= 0.6 is 0 Å². The quantitative estimate of drug-likeness (QED) is 0.686. The Morgan fingerprint density at radius 1 is 1.00 bits per heavy atom. The van der Waals surface area contributed by atoms with Crippen LogP contribution in [0.15, 0.2) is 48.5 Å². The van der Waals surface area contributed by atoms with E-state index in [2.05, 4.69) is 19.2 Å². The molecule has 0 aliphatic carbocycles. The summed E-state index contributed by atoms with van der Waals surface area (Å²) >= 11 is 0. The molecule has 2 rings (SSSR count). The van der Waals surface area contributed by atoms with Crippen LogP contribution in [0, 0.1) is 0 Å². The van der Waals surface area contributed by atoms with Crippen LogP contribution < -0.4 is 16.2 Å². The van der Waals surface area contributed by atoms with Gasteiger partial charge in [0.05, 0.1) is 5.75 Å². The Morgan fingerprint density at radius 2 is 1.54 bits per heavy atom. The van der Waals surface area contributed by atoms with Gasteiger partial charge < -0.3 is 11.1 Å². The summed E-state index contributed by atoms with van der Waals surface area (Å²) in [6.07, 6.45) is 0. The molecule has 2 aromatic rings. The van der Waals surface area contributed by atoms with Gasteiger partial charge in [0.2, 0.25) is 10.0 Å². The number of amides is 1. The number of primary sulfonamides is 1. The number of nitrogens with one attached hydrogen (secondary N) is 1. The second kappa shape index (κ2) is 8.44. The molecule has 1 atom stereocenters. The molecule has 1 unspecified atom stereocenters. The molecule has 0 saturated heterocycles. The molecule has 0 saturated carbocycles. The molecule has 0 aliphatic heterocycles. The van der Waals surface area contributed by atoms with Crippen molar-refractivity contribution in [3.63, 3.8) is 0 Å². The fourth-order valence-electron chi connectivity index (χ4n) is 2.54. The minimum Gasteiger partial charge on any atom is -0.350 e. The summed E-state index contributed by atoms with van der Waals surface area (Å²) in [6, 6.07) is 14.0. The standard InChI is InChI=1S/C19H25N3O3S/c1-13(2)15-7-9-16(10-8-15)18(20)11-22-19(23)17-5-3-14(4-6-17)12-26(21,24)25/h3-10,13,18H,11-12,20H2,1-2H3,(H,22,23)(H2,21,24,25). The largest absolute Gasteiger partial charge is 0.350 e. The van der Waals surface area contributed by atoms with Crippen LogP contribution in [-0.4, -0.2) is 20.9 Å². The molecule has 7 heteroatoms. The second-order valence-corrected chi connectivity index (χ2v) is 8.26. The summed E-state index contributed by atoms with van der Waals surface area (Å²) in [5.74, 6) is -0.0646. The van der Waals surface area contributed by atoms with E-state index >= 15 is 0 Å². The number of hydrogen-bond donors (Lipinski definition) is 3. The molecular weight excluding hydrogens is 350 g/mol. The highest BCUT2D eigenvalue weighted by Crippen LogP contribution is 2.17. The third-order valence-electron chi connectivity index (χ3n) is 4.10. The van der Waals surface area contributed by atoms with E-state index in [0.29, 0.717) is 23.6 Å². The van der Waals surface area contributed by atoms with Gasteiger partial charge in [-0.25, -0.2) is 13.6 Å². The van der Waals surface area contributed by atoms with Crippen molar-refractivity contribution in [1.29, 1.82) is 0 Å². The monoisotopic (exact) mass is 375 g/mol. The van der Waals surface area contributed by atoms with E-state index in [1.807, 2.05) is 24.3 Å². The fraction of sp³-hybridized carbons (Fsp3) is 0.316. The van der Waals surface area contributed by atoms with Gasteiger partial charge in [-0.3, -0.25) is 4.79 Å². The van der Waals surface area contributed by atoms with Crippen LogP contribution in [0.2, 0.25) is 0 Å². The molecule has 0 spiro atoms. The number of carbonyl (C=O) groups is 1. The number of hydrogen-bond acceptors (Lipinski definition) is 4. The van der Waals surface area contributed by atoms with Crippen LogP contribution in [0.5, 0.6) is 0 Å². The lowest BCUT2D eigenvalue weighted by Crippen LogP contribution is -2.31. The van der Waals surface area contributed by atoms with E-state index in [1.54, 1.807) is 24.3 Å². The molecular formula is C19H25N3O3S. The maximum atomic E-state index is 12.2. The molecule has 26 heavy (non-hydrogen) atoms. The van der Waals surface area contributed by atoms with Gasteiger partial charge in [0.25, 0.3) is 5.91 Å². The molecule has 1 amide bonds. The van der Waals surface area contributed by atoms with Gasteiger partial charge in [0.15, 0.2) is 0 Å². The fourth-order valence-corrected chi connectivity index (χ4v) is 3.19. The van der Waals surface area contributed by atoms with Crippen molar-refractivity contribution in [2.24, 2.45) is 10.9 Å². The van der Waals surface area contributed by atoms with Crippen LogP contribution in [0.4, 0.5) is 0 Å². The SMILES string of the molecule is CC(C)c1ccc(C(N)CNC(=O)c2ccc(CS(N)(=O)=O)cc2)cc1. The van der Waals surface area contributed by atoms with Crippen molar-refractivity contribution in [2.75, 3.05) is 6.54 Å². The van der Waals surface area contributed by atoms with E-state index in [-0.39, 0.29) is 17.7 Å². The van der Waals surface area contributed by atoms with Crippen molar-refractivity contribution in [3.05, 3.63) is 70.8 Å². The van der Waals surface area contributed by atoms with E-state index in [1.165, 1.54) is 5.56 Å². The van der Waals surface area contributed by atoms with E-state index in [9.17, 15) is 13.2 Å². The van der Waals surface area contributed by atoms with Crippen molar-refractivity contribution in [3.8, 4) is 0 Å². The first-order valence-electron chi connectivity index (χ1n) is 8.39. The lowest BCUT2D eigenvalue weighted by molar-refractivity contribution is 0.0951. The molecule has 6 nitrogen and oxygen atoms in total. The Balaban J connectivity index is 1.93. The van der Waals surface area contributed by atoms with Crippen LogP contribution in [0.25, 0.3) is 0 Å². The van der Waals surface area contributed by atoms with Gasteiger partial charge in [0.1, 0.15) is 0 Å². The first-order valence-corrected chi connectivity index (χ1v) is 10.1. The molecule has 140 valence electrons. The van der Waals surface area contributed by atoms with Crippen molar-refractivity contribution >= 4 is 15.9 Å². The van der Waals surface area contributed by atoms with Crippen molar-refractivity contribution in [1.82, 2.24) is 5.32 Å². The van der Waals surface area contributed by atoms with Gasteiger partial charge in [-0.15, -0.1) is 0 Å². The maximum Gasteiger partial charge on any atom is 0.251 e. The summed E-state index contributed by atoms with van der Waals surface area (Å²) in [6.45, 7) is 4.56. The highest BCUT2D eigenvalue weighted by molar-refractivity contribution is 7.88. The molecule has 0 fully saturated rings. The first kappa shape index (κ1) is 20.1. The summed E-state index contributed by atoms with van der Waals surface area (Å²) in [4.78, 5) is 12.2. The van der Waals surface area contributed by atoms with Crippen molar-refractivity contribution in [2.45, 2.75) is 31.6 Å². The Hall–Kier alpha value is -2.22. The molecule has 0 aliphatic rings. The lowest BCUT2D eigenvalue weighted by atomic mass is 9.99. The van der Waals surface area contributed by atoms with Crippen molar-refractivity contribution < 1.29 is 13.2 Å². The number of sulfonamides is 1. The van der Waals surface area contributed by atoms with Gasteiger partial charge in [0, 0.05) is 18.2 Å². The Bertz CT molecular complexity index is 845. The number of benzene rings is 2. The van der Waals surface area contributed by atoms with Gasteiger partial charge in [-0.2, -0.15) is 0 Å². The molecule has 5 N–H and O–H groups in total. The molecule has 2 aromatic carbocycles. The minimum atomic E-state index is -3.59. The summed E-state index contributed by atoms with van der Waals surface area (Å²) in [7, 11) is -3.59. The Morgan fingerprint density at radius 3 is 2.04 bits per heavy atom. The zero-order valence-corrected chi connectivity index (χ0v) is 15.8. The average molecular weight is 375 g/mol. The van der Waals surface area contributed by atoms with Gasteiger partial charge in [-0.1, -0.05) is 50.2 Å². The first-order chi connectivity index (χ1) is 12.2. The van der Waals surface area contributed by atoms with E-state index in [0.717, 1.165) is 5.56 Å². The molecule has 0 bridgehead atoms. The van der Waals surface area contributed by atoms with Gasteiger partial charge >= 0.3 is 0 Å². The van der Waals surface area contributed by atoms with Gasteiger partial charge in [-0.05, 0) is 34.7 Å². The van der Waals surface area contributed by atoms with Crippen LogP contribution in [0.1, 0.15) is 52.9 Å². The third kappa shape index (κ3) is 5.94. The summed E-state index contributed by atoms with van der Waals surface area (Å²) in [5, 5.41) is 7.80. The number of nitrogens with two attached hydrogens (primary N) is 2. The maximum absolute atomic E-state index is 12.2. The van der Waals surface area contributed by atoms with E-state index in [4.69, 9.17) is 10.9 Å². The highest BCUT2D eigenvalue weighted by Gasteiger charge is 2.11. The highest BCUT2D eigenvalue weighted by atomic mass is 32.2. The predicted octanol–water partition coefficient (Wildman–Crippen LogP) is 2.03. The Kier molecular flexibility index (Phi) is 6.52. The van der Waals surface area contributed by atoms with Crippen LogP contribution in [0.3, 0.4) is 0 Å². The Labute approximate surface area is 154 Å². The summed E-state index contributed by atoms with van der Waals surface area (Å²) in [5.41, 5.74) is 9.31. The smallest absolute Gasteiger partial charge is 0.251 e. The third-order valence-corrected chi connectivity index (χ3v) is 4.83. The lowest BCUT2D eigenvalue weighted by Gasteiger charge is -2.15. The van der Waals surface area contributed by atoms with Crippen LogP contribution in [-0.2, 0) is 15.8 Å². The second-order valence-electron chi connectivity index (χ2n) is 6.64. The molecule has 0 heterocycles. The zero-order valence-electron chi connectivity index (χ0n) is 15.0. The zero-order chi connectivity index (χ0) is 19.3. The minimum absolute atomic E-state index is 0.258. The van der Waals surface area contributed by atoms with E-state index < -0.39 is 10.0 Å². The summed E-state index contributed by atoms with van der Waals surface area (Å²) < 4.78 is 22.1. The number of rotatable bonds is 7. The molecule has 0 aromatic heterocycles. The number of carbonyl (C=O) groups excluding carboxylic acids is 1.